The first-order valence-corrected chi connectivity index (χ1v) is 9.35. The summed E-state index contributed by atoms with van der Waals surface area (Å²) in [4.78, 5) is 21.2. The van der Waals surface area contributed by atoms with Crippen LogP contribution < -0.4 is 5.43 Å². The Labute approximate surface area is 222 Å². The van der Waals surface area contributed by atoms with E-state index in [2.05, 4.69) is 30.1 Å². The summed E-state index contributed by atoms with van der Waals surface area (Å²) in [6.45, 7) is 20.2. The van der Waals surface area contributed by atoms with Gasteiger partial charge in [0.2, 0.25) is 0 Å². The molecule has 0 amide bonds. The second-order valence-electron chi connectivity index (χ2n) is 4.37. The fourth-order valence-corrected chi connectivity index (χ4v) is 1.24. The van der Waals surface area contributed by atoms with Crippen molar-refractivity contribution in [1.82, 2.24) is 0 Å². The third-order valence-corrected chi connectivity index (χ3v) is 2.45. The molecule has 1 aromatic rings. The molecule has 0 spiro atoms. The minimum atomic E-state index is -0.935. The van der Waals surface area contributed by atoms with Crippen LogP contribution in [0.4, 0.5) is 5.69 Å². The molecule has 0 heterocycles. The Balaban J connectivity index is -0.000000127. The molecule has 0 atom stereocenters. The number of aliphatic carboxylic acids is 1. The number of nitrogens with one attached hydrogen (secondary N) is 1. The first-order valence-electron chi connectivity index (χ1n) is 9.35. The van der Waals surface area contributed by atoms with Gasteiger partial charge >= 0.3 is 5.97 Å². The van der Waals surface area contributed by atoms with E-state index in [0.717, 1.165) is 5.69 Å². The Morgan fingerprint density at radius 1 is 1.10 bits per heavy atom. The molecular formula is C23H34N2O3WY-2. The number of hydrazone groups is 1. The largest absolute Gasteiger partial charge is 0.478 e. The van der Waals surface area contributed by atoms with E-state index in [9.17, 15) is 9.59 Å². The van der Waals surface area contributed by atoms with Gasteiger partial charge in [-0.3, -0.25) is 35.2 Å². The third kappa shape index (κ3) is 20.0. The van der Waals surface area contributed by atoms with Crippen LogP contribution in [0.15, 0.2) is 65.3 Å². The van der Waals surface area contributed by atoms with Gasteiger partial charge in [0, 0.05) is 59.3 Å². The number of ketones is 1. The normalized spacial score (nSPS) is 11.4. The first kappa shape index (κ1) is 39.2. The quantitative estimate of drug-likeness (QED) is 0.184. The zero-order valence-electron chi connectivity index (χ0n) is 19.2. The number of hydrogen-bond acceptors (Lipinski definition) is 4. The molecule has 1 radical (unpaired) electrons. The second kappa shape index (κ2) is 27.7. The van der Waals surface area contributed by atoms with E-state index < -0.39 is 5.97 Å². The maximum atomic E-state index is 11.6. The minimum absolute atomic E-state index is 0. The van der Waals surface area contributed by atoms with Crippen LogP contribution in [0.25, 0.3) is 0 Å². The van der Waals surface area contributed by atoms with Crippen molar-refractivity contribution in [2.45, 2.75) is 48.5 Å². The van der Waals surface area contributed by atoms with E-state index in [-0.39, 0.29) is 65.1 Å². The van der Waals surface area contributed by atoms with Crippen LogP contribution in [-0.2, 0) is 63.4 Å². The van der Waals surface area contributed by atoms with Gasteiger partial charge in [0.25, 0.3) is 0 Å². The topological polar surface area (TPSA) is 78.8 Å². The number of hydrogen-bond donors (Lipinski definition) is 2. The number of Topliss-reactive ketones (excluding diaryl/α,β-unsaturated/α-hetero) is 1. The van der Waals surface area contributed by atoms with Crippen LogP contribution in [0, 0.1) is 13.0 Å². The number of para-hydroxylation sites is 1. The molecular weight excluding hydrogens is 625 g/mol. The number of rotatable bonds is 3. The van der Waals surface area contributed by atoms with Crippen molar-refractivity contribution in [2.24, 2.45) is 5.10 Å². The van der Waals surface area contributed by atoms with Gasteiger partial charge < -0.3 is 9.90 Å². The molecule has 1 aliphatic rings. The van der Waals surface area contributed by atoms with E-state index in [0.29, 0.717) is 11.3 Å². The fourth-order valence-electron chi connectivity index (χ4n) is 1.24. The molecule has 30 heavy (non-hydrogen) atoms. The van der Waals surface area contributed by atoms with Gasteiger partial charge in [0.1, 0.15) is 0 Å². The van der Waals surface area contributed by atoms with E-state index in [1.54, 1.807) is 6.08 Å². The summed E-state index contributed by atoms with van der Waals surface area (Å²) in [6.07, 6.45) is 5.89. The van der Waals surface area contributed by atoms with Crippen LogP contribution in [0.5, 0.6) is 0 Å². The van der Waals surface area contributed by atoms with Crippen molar-refractivity contribution in [2.75, 3.05) is 5.43 Å². The molecule has 2 N–H and O–H groups in total. The van der Waals surface area contributed by atoms with E-state index >= 15 is 0 Å². The third-order valence-electron chi connectivity index (χ3n) is 2.45. The molecule has 2 rings (SSSR count). The van der Waals surface area contributed by atoms with Crippen LogP contribution >= 0.6 is 0 Å². The summed E-state index contributed by atoms with van der Waals surface area (Å²) < 4.78 is 0. The summed E-state index contributed by atoms with van der Waals surface area (Å²) in [6, 6.07) is 9.42. The van der Waals surface area contributed by atoms with Crippen molar-refractivity contribution in [1.29, 1.82) is 0 Å². The molecule has 0 saturated heterocycles. The summed E-state index contributed by atoms with van der Waals surface area (Å²) in [5, 5.41) is 11.9. The van der Waals surface area contributed by atoms with Gasteiger partial charge in [-0.05, 0) is 30.6 Å². The number of carboxylic acids is 1. The van der Waals surface area contributed by atoms with Gasteiger partial charge in [0.05, 0.1) is 5.69 Å². The Morgan fingerprint density at radius 3 is 1.93 bits per heavy atom. The van der Waals surface area contributed by atoms with Gasteiger partial charge in [-0.25, -0.2) is 4.79 Å². The average molecular weight is 659 g/mol. The molecule has 5 nitrogen and oxygen atoms in total. The van der Waals surface area contributed by atoms with Gasteiger partial charge in [0.15, 0.2) is 0 Å². The Kier molecular flexibility index (Phi) is 36.2. The SMILES string of the molecule is C=C(C)C(=O)O.CC.CC.CC.[CH2-]C1=C[C-]=CC(=NNc2ccccc2)C1=O.[W].[Y]. The van der Waals surface area contributed by atoms with Crippen molar-refractivity contribution in [3.8, 4) is 0 Å². The Bertz CT molecular complexity index is 658. The number of anilines is 1. The van der Waals surface area contributed by atoms with Gasteiger partial charge in [-0.15, -0.1) is 0 Å². The molecule has 7 heteroatoms. The molecule has 165 valence electrons. The molecule has 1 aliphatic carbocycles. The van der Waals surface area contributed by atoms with Crippen molar-refractivity contribution in [3.63, 3.8) is 0 Å². The first-order chi connectivity index (χ1) is 13.4. The monoisotopic (exact) mass is 659 g/mol. The van der Waals surface area contributed by atoms with Gasteiger partial charge in [-0.2, -0.15) is 6.08 Å². The maximum Gasteiger partial charge on any atom is 0.330 e. The predicted octanol–water partition coefficient (Wildman–Crippen LogP) is 5.88. The number of carboxylic acid groups (broad SMARTS) is 1. The van der Waals surface area contributed by atoms with Crippen molar-refractivity contribution < 1.29 is 68.5 Å². The van der Waals surface area contributed by atoms with Crippen LogP contribution in [0.2, 0.25) is 0 Å². The molecule has 0 saturated carbocycles. The zero-order chi connectivity index (χ0) is 22.5. The molecule has 0 unspecified atom stereocenters. The summed E-state index contributed by atoms with van der Waals surface area (Å²) in [5.41, 5.74) is 4.53. The van der Waals surface area contributed by atoms with Gasteiger partial charge in [-0.1, -0.05) is 66.3 Å². The number of nitrogens with zero attached hydrogens (tertiary/aromatic N) is 1. The van der Waals surface area contributed by atoms with Crippen LogP contribution in [0.1, 0.15) is 48.5 Å². The zero-order valence-corrected chi connectivity index (χ0v) is 24.9. The van der Waals surface area contributed by atoms with Crippen LogP contribution in [-0.4, -0.2) is 22.6 Å². The van der Waals surface area contributed by atoms with E-state index in [1.807, 2.05) is 71.9 Å². The summed E-state index contributed by atoms with van der Waals surface area (Å²) >= 11 is 0. The van der Waals surface area contributed by atoms with Crippen molar-refractivity contribution in [3.05, 3.63) is 73.2 Å². The minimum Gasteiger partial charge on any atom is -0.478 e. The predicted molar refractivity (Wildman–Crippen MR) is 120 cm³/mol. The maximum absolute atomic E-state index is 11.6. The number of benzene rings is 1. The summed E-state index contributed by atoms with van der Waals surface area (Å²) in [7, 11) is 0. The molecule has 0 bridgehead atoms. The molecule has 1 aromatic carbocycles. The van der Waals surface area contributed by atoms with E-state index in [1.165, 1.54) is 13.0 Å². The molecule has 0 aromatic heterocycles. The van der Waals surface area contributed by atoms with Crippen LogP contribution in [0.3, 0.4) is 0 Å². The Hall–Kier alpha value is -1.29. The smallest absolute Gasteiger partial charge is 0.330 e. The van der Waals surface area contributed by atoms with E-state index in [4.69, 9.17) is 5.11 Å². The molecule has 0 fully saturated rings. The standard InChI is InChI=1S/C13H10N2O.C4H6O2.3C2H6.W.Y/c1-10-6-5-9-12(13(10)16)15-14-11-7-3-2-4-8-11;1-3(2)4(5)6;3*1-2;;/h2-4,6-9,14H,1H2;1H2,2H3,(H,5,6);3*1-2H3;;/q-2;;;;;;. The number of allylic oxidation sites excluding steroid dienone is 4. The summed E-state index contributed by atoms with van der Waals surface area (Å²) in [5.74, 6) is -1.11. The average Bonchev–Trinajstić information content (AvgIpc) is 2.75. The Morgan fingerprint density at radius 2 is 1.53 bits per heavy atom. The molecule has 0 aliphatic heterocycles. The van der Waals surface area contributed by atoms with Crippen molar-refractivity contribution >= 4 is 23.2 Å². The second-order valence-corrected chi connectivity index (χ2v) is 4.37. The fraction of sp³-hybridized carbons (Fsp3) is 0.304. The number of carbonyl (C=O) groups excluding carboxylic acids is 1. The number of carbonyl (C=O) groups is 2.